The Kier molecular flexibility index (Phi) is 5.52. The van der Waals surface area contributed by atoms with Crippen molar-refractivity contribution in [3.05, 3.63) is 59.3 Å². The van der Waals surface area contributed by atoms with Crippen molar-refractivity contribution in [1.29, 1.82) is 0 Å². The van der Waals surface area contributed by atoms with Crippen LogP contribution in [0, 0.1) is 17.7 Å². The first-order valence-corrected chi connectivity index (χ1v) is 8.89. The van der Waals surface area contributed by atoms with Crippen LogP contribution in [0.25, 0.3) is 0 Å². The van der Waals surface area contributed by atoms with Gasteiger partial charge in [-0.2, -0.15) is 0 Å². The van der Waals surface area contributed by atoms with Gasteiger partial charge in [0.05, 0.1) is 0 Å². The number of halogens is 1. The molecule has 2 aromatic rings. The molecule has 0 atom stereocenters. The number of amides is 2. The summed E-state index contributed by atoms with van der Waals surface area (Å²) in [6.07, 6.45) is 0. The van der Waals surface area contributed by atoms with E-state index in [1.54, 1.807) is 38.1 Å². The van der Waals surface area contributed by atoms with Crippen LogP contribution in [0.15, 0.2) is 40.8 Å². The summed E-state index contributed by atoms with van der Waals surface area (Å²) in [5.74, 6) is 4.59. The molecule has 2 amide bonds. The summed E-state index contributed by atoms with van der Waals surface area (Å²) in [5.41, 5.74) is -0.727. The van der Waals surface area contributed by atoms with Gasteiger partial charge >= 0.3 is 0 Å². The number of rotatable bonds is 3. The fourth-order valence-corrected chi connectivity index (χ4v) is 2.77. The Hall–Kier alpha value is -3.11. The molecule has 1 N–H and O–H groups in total. The van der Waals surface area contributed by atoms with Crippen LogP contribution >= 0.6 is 0 Å². The number of carbonyl (C=O) groups is 2. The highest BCUT2D eigenvalue weighted by Gasteiger charge is 2.29. The van der Waals surface area contributed by atoms with Crippen LogP contribution in [0.3, 0.4) is 0 Å². The molecule has 1 aromatic heterocycles. The monoisotopic (exact) mass is 384 g/mol. The zero-order valence-corrected chi connectivity index (χ0v) is 15.7. The smallest absolute Gasteiger partial charge is 0.290 e. The molecule has 0 aliphatic carbocycles. The molecule has 28 heavy (non-hydrogen) atoms. The van der Waals surface area contributed by atoms with Crippen LogP contribution in [0.4, 0.5) is 4.39 Å². The van der Waals surface area contributed by atoms with E-state index in [9.17, 15) is 19.1 Å². The van der Waals surface area contributed by atoms with Gasteiger partial charge in [-0.1, -0.05) is 24.1 Å². The SMILES string of the molecule is CC(C)(O)C#Cc1ccc(C(=O)N2CCN(Cc3ccccc3F)C(=O)C2)o1. The average molecular weight is 384 g/mol. The zero-order chi connectivity index (χ0) is 20.3. The first-order chi connectivity index (χ1) is 13.2. The summed E-state index contributed by atoms with van der Waals surface area (Å²) in [6, 6.07) is 9.35. The molecule has 1 aromatic carbocycles. The highest BCUT2D eigenvalue weighted by Crippen LogP contribution is 2.16. The summed E-state index contributed by atoms with van der Waals surface area (Å²) < 4.78 is 19.2. The molecule has 1 aliphatic heterocycles. The van der Waals surface area contributed by atoms with Crippen molar-refractivity contribution in [2.45, 2.75) is 26.0 Å². The van der Waals surface area contributed by atoms with E-state index in [0.29, 0.717) is 18.7 Å². The normalized spacial score (nSPS) is 14.6. The maximum Gasteiger partial charge on any atom is 0.290 e. The van der Waals surface area contributed by atoms with E-state index in [1.165, 1.54) is 21.9 Å². The number of nitrogens with zero attached hydrogens (tertiary/aromatic N) is 2. The zero-order valence-electron chi connectivity index (χ0n) is 15.7. The Morgan fingerprint density at radius 1 is 1.25 bits per heavy atom. The highest BCUT2D eigenvalue weighted by atomic mass is 19.1. The van der Waals surface area contributed by atoms with Crippen molar-refractivity contribution >= 4 is 11.8 Å². The number of hydrogen-bond donors (Lipinski definition) is 1. The molecule has 7 heteroatoms. The van der Waals surface area contributed by atoms with Gasteiger partial charge in [0.25, 0.3) is 5.91 Å². The van der Waals surface area contributed by atoms with Crippen molar-refractivity contribution in [2.75, 3.05) is 19.6 Å². The molecule has 0 spiro atoms. The van der Waals surface area contributed by atoms with E-state index in [4.69, 9.17) is 4.42 Å². The molecule has 0 saturated carbocycles. The molecule has 2 heterocycles. The minimum atomic E-state index is -1.17. The van der Waals surface area contributed by atoms with Crippen LogP contribution in [-0.4, -0.2) is 52.0 Å². The molecule has 1 saturated heterocycles. The molecular weight excluding hydrogens is 363 g/mol. The lowest BCUT2D eigenvalue weighted by molar-refractivity contribution is -0.135. The molecule has 1 fully saturated rings. The van der Waals surface area contributed by atoms with E-state index in [1.807, 2.05) is 0 Å². The third-order valence-corrected chi connectivity index (χ3v) is 4.23. The first-order valence-electron chi connectivity index (χ1n) is 8.89. The molecular formula is C21H21FN2O4. The van der Waals surface area contributed by atoms with Gasteiger partial charge in [-0.25, -0.2) is 4.39 Å². The van der Waals surface area contributed by atoms with E-state index in [2.05, 4.69) is 11.8 Å². The number of piperazine rings is 1. The Bertz CT molecular complexity index is 949. The maximum atomic E-state index is 13.8. The van der Waals surface area contributed by atoms with Gasteiger partial charge in [-0.3, -0.25) is 9.59 Å². The van der Waals surface area contributed by atoms with Gasteiger partial charge in [0.2, 0.25) is 5.91 Å². The minimum absolute atomic E-state index is 0.0791. The molecule has 0 radical (unpaired) electrons. The standard InChI is InChI=1S/C21H21FN2O4/c1-21(2,27)10-9-16-7-8-18(28-16)20(26)24-12-11-23(19(25)14-24)13-15-5-3-4-6-17(15)22/h3-8,27H,11-14H2,1-2H3. The summed E-state index contributed by atoms with van der Waals surface area (Å²) in [4.78, 5) is 27.9. The lowest BCUT2D eigenvalue weighted by Gasteiger charge is -2.34. The second-order valence-corrected chi connectivity index (χ2v) is 7.11. The molecule has 146 valence electrons. The lowest BCUT2D eigenvalue weighted by atomic mass is 10.1. The van der Waals surface area contributed by atoms with Gasteiger partial charge < -0.3 is 19.3 Å². The number of carbonyl (C=O) groups excluding carboxylic acids is 2. The summed E-state index contributed by atoms with van der Waals surface area (Å²) in [6.45, 7) is 3.79. The topological polar surface area (TPSA) is 74.0 Å². The largest absolute Gasteiger partial charge is 0.443 e. The fraction of sp³-hybridized carbons (Fsp3) is 0.333. The summed E-state index contributed by atoms with van der Waals surface area (Å²) in [7, 11) is 0. The highest BCUT2D eigenvalue weighted by molar-refractivity contribution is 5.95. The Labute approximate surface area is 162 Å². The number of aliphatic hydroxyl groups is 1. The Morgan fingerprint density at radius 3 is 2.68 bits per heavy atom. The average Bonchev–Trinajstić information content (AvgIpc) is 3.11. The van der Waals surface area contributed by atoms with Crippen LogP contribution in [0.5, 0.6) is 0 Å². The maximum absolute atomic E-state index is 13.8. The Morgan fingerprint density at radius 2 is 2.00 bits per heavy atom. The van der Waals surface area contributed by atoms with E-state index in [0.717, 1.165) is 0 Å². The number of hydrogen-bond acceptors (Lipinski definition) is 4. The summed E-state index contributed by atoms with van der Waals surface area (Å²) in [5, 5.41) is 9.62. The molecule has 1 aliphatic rings. The second kappa shape index (κ2) is 7.87. The van der Waals surface area contributed by atoms with Crippen molar-refractivity contribution < 1.29 is 23.5 Å². The van der Waals surface area contributed by atoms with Crippen molar-refractivity contribution in [2.24, 2.45) is 0 Å². The van der Waals surface area contributed by atoms with Crippen LogP contribution in [0.2, 0.25) is 0 Å². The molecule has 3 rings (SSSR count). The van der Waals surface area contributed by atoms with Crippen LogP contribution < -0.4 is 0 Å². The van der Waals surface area contributed by atoms with Gasteiger partial charge in [-0.05, 0) is 38.0 Å². The third-order valence-electron chi connectivity index (χ3n) is 4.23. The van der Waals surface area contributed by atoms with E-state index < -0.39 is 11.5 Å². The van der Waals surface area contributed by atoms with Crippen LogP contribution in [0.1, 0.15) is 35.7 Å². The second-order valence-electron chi connectivity index (χ2n) is 7.11. The van der Waals surface area contributed by atoms with Gasteiger partial charge in [0, 0.05) is 25.2 Å². The molecule has 6 nitrogen and oxygen atoms in total. The van der Waals surface area contributed by atoms with Crippen LogP contribution in [-0.2, 0) is 11.3 Å². The van der Waals surface area contributed by atoms with Gasteiger partial charge in [0.1, 0.15) is 18.0 Å². The number of furan rings is 1. The molecule has 0 bridgehead atoms. The summed E-state index contributed by atoms with van der Waals surface area (Å²) >= 11 is 0. The first kappa shape index (κ1) is 19.6. The molecule has 0 unspecified atom stereocenters. The van der Waals surface area contributed by atoms with Crippen molar-refractivity contribution in [3.63, 3.8) is 0 Å². The third kappa shape index (κ3) is 4.78. The lowest BCUT2D eigenvalue weighted by Crippen LogP contribution is -2.51. The predicted molar refractivity (Wildman–Crippen MR) is 99.6 cm³/mol. The van der Waals surface area contributed by atoms with Crippen molar-refractivity contribution in [3.8, 4) is 11.8 Å². The fourth-order valence-electron chi connectivity index (χ4n) is 2.77. The van der Waals surface area contributed by atoms with E-state index >= 15 is 0 Å². The van der Waals surface area contributed by atoms with Gasteiger partial charge in [-0.15, -0.1) is 0 Å². The van der Waals surface area contributed by atoms with Gasteiger partial charge in [0.15, 0.2) is 11.5 Å². The minimum Gasteiger partial charge on any atom is -0.443 e. The number of benzene rings is 1. The quantitative estimate of drug-likeness (QED) is 0.822. The Balaban J connectivity index is 1.63. The predicted octanol–water partition coefficient (Wildman–Crippen LogP) is 2.03. The van der Waals surface area contributed by atoms with E-state index in [-0.39, 0.29) is 36.3 Å². The van der Waals surface area contributed by atoms with Crippen molar-refractivity contribution in [1.82, 2.24) is 9.80 Å².